The van der Waals surface area contributed by atoms with E-state index in [1.165, 1.54) is 54.9 Å². The first-order chi connectivity index (χ1) is 22.3. The molecule has 1 heteroatoms. The van der Waals surface area contributed by atoms with Crippen molar-refractivity contribution in [1.29, 1.82) is 0 Å². The summed E-state index contributed by atoms with van der Waals surface area (Å²) in [5.74, 6) is 0. The van der Waals surface area contributed by atoms with Crippen molar-refractivity contribution in [1.82, 2.24) is 0 Å². The number of furan rings is 1. The van der Waals surface area contributed by atoms with Crippen LogP contribution in [0.3, 0.4) is 0 Å². The summed E-state index contributed by atoms with van der Waals surface area (Å²) in [6.45, 7) is 0. The van der Waals surface area contributed by atoms with Gasteiger partial charge in [-0.1, -0.05) is 152 Å². The van der Waals surface area contributed by atoms with Crippen molar-refractivity contribution < 1.29 is 4.42 Å². The van der Waals surface area contributed by atoms with E-state index in [1.54, 1.807) is 0 Å². The molecule has 0 saturated heterocycles. The lowest BCUT2D eigenvalue weighted by Gasteiger charge is -2.20. The van der Waals surface area contributed by atoms with E-state index in [1.807, 2.05) is 6.07 Å². The van der Waals surface area contributed by atoms with E-state index in [0.29, 0.717) is 0 Å². The Morgan fingerprint density at radius 1 is 0.289 bits per heavy atom. The standard InChI is InChI=1S/C44H28O/c1-3-14-29(15-4-1)31-18-13-19-32(28-31)41-34-21-7-9-23-36(34)43(37-24-10-8-22-35(37)41)39-27-26-38-33-20-11-12-25-40(33)45-44(38)42(39)30-16-5-2-6-17-30/h1-28H. The summed E-state index contributed by atoms with van der Waals surface area (Å²) in [5.41, 5.74) is 11.4. The zero-order valence-corrected chi connectivity index (χ0v) is 24.6. The first kappa shape index (κ1) is 25.6. The minimum atomic E-state index is 0.908. The van der Waals surface area contributed by atoms with Crippen LogP contribution in [0.2, 0.25) is 0 Å². The molecule has 0 atom stereocenters. The van der Waals surface area contributed by atoms with Crippen molar-refractivity contribution in [2.24, 2.45) is 0 Å². The van der Waals surface area contributed by atoms with Crippen molar-refractivity contribution in [3.63, 3.8) is 0 Å². The van der Waals surface area contributed by atoms with E-state index in [9.17, 15) is 0 Å². The van der Waals surface area contributed by atoms with Gasteiger partial charge in [-0.15, -0.1) is 0 Å². The Morgan fingerprint density at radius 3 is 1.47 bits per heavy atom. The molecule has 0 bridgehead atoms. The number of rotatable bonds is 4. The lowest BCUT2D eigenvalue weighted by Crippen LogP contribution is -1.93. The van der Waals surface area contributed by atoms with Gasteiger partial charge in [0.15, 0.2) is 0 Å². The second kappa shape index (κ2) is 10.4. The Morgan fingerprint density at radius 2 is 0.800 bits per heavy atom. The molecule has 8 aromatic carbocycles. The van der Waals surface area contributed by atoms with Crippen molar-refractivity contribution in [2.45, 2.75) is 0 Å². The van der Waals surface area contributed by atoms with E-state index < -0.39 is 0 Å². The van der Waals surface area contributed by atoms with Crippen LogP contribution in [0.5, 0.6) is 0 Å². The summed E-state index contributed by atoms with van der Waals surface area (Å²) in [6, 6.07) is 60.9. The Hall–Kier alpha value is -5.92. The zero-order valence-electron chi connectivity index (χ0n) is 24.6. The maximum Gasteiger partial charge on any atom is 0.143 e. The minimum absolute atomic E-state index is 0.908. The highest BCUT2D eigenvalue weighted by atomic mass is 16.3. The van der Waals surface area contributed by atoms with Crippen LogP contribution < -0.4 is 0 Å². The fraction of sp³-hybridized carbons (Fsp3) is 0. The van der Waals surface area contributed by atoms with Gasteiger partial charge in [0.25, 0.3) is 0 Å². The third-order valence-corrected chi connectivity index (χ3v) is 9.07. The fourth-order valence-electron chi connectivity index (χ4n) is 7.10. The third-order valence-electron chi connectivity index (χ3n) is 9.07. The normalized spacial score (nSPS) is 11.6. The molecule has 0 aliphatic heterocycles. The van der Waals surface area contributed by atoms with Crippen LogP contribution in [0.15, 0.2) is 174 Å². The number of benzene rings is 8. The van der Waals surface area contributed by atoms with Gasteiger partial charge in [0.05, 0.1) is 0 Å². The fourth-order valence-corrected chi connectivity index (χ4v) is 7.10. The maximum atomic E-state index is 6.67. The molecule has 9 aromatic rings. The van der Waals surface area contributed by atoms with Gasteiger partial charge in [-0.05, 0) is 78.7 Å². The number of para-hydroxylation sites is 1. The summed E-state index contributed by atoms with van der Waals surface area (Å²) < 4.78 is 6.67. The van der Waals surface area contributed by atoms with Crippen LogP contribution in [0.4, 0.5) is 0 Å². The van der Waals surface area contributed by atoms with Crippen LogP contribution in [0, 0.1) is 0 Å². The number of fused-ring (bicyclic) bond motifs is 5. The average molecular weight is 573 g/mol. The highest BCUT2D eigenvalue weighted by Gasteiger charge is 2.22. The van der Waals surface area contributed by atoms with Gasteiger partial charge < -0.3 is 4.42 Å². The lowest BCUT2D eigenvalue weighted by atomic mass is 9.83. The summed E-state index contributed by atoms with van der Waals surface area (Å²) in [5, 5.41) is 7.20. The first-order valence-electron chi connectivity index (χ1n) is 15.4. The van der Waals surface area contributed by atoms with Gasteiger partial charge in [-0.3, -0.25) is 0 Å². The van der Waals surface area contributed by atoms with Gasteiger partial charge in [0, 0.05) is 16.3 Å². The summed E-state index contributed by atoms with van der Waals surface area (Å²) in [4.78, 5) is 0. The Labute approximate surface area is 261 Å². The van der Waals surface area contributed by atoms with Crippen LogP contribution in [-0.4, -0.2) is 0 Å². The Balaban J connectivity index is 1.40. The van der Waals surface area contributed by atoms with E-state index in [0.717, 1.165) is 33.1 Å². The second-order valence-electron chi connectivity index (χ2n) is 11.6. The number of hydrogen-bond acceptors (Lipinski definition) is 1. The molecule has 0 N–H and O–H groups in total. The predicted molar refractivity (Wildman–Crippen MR) is 190 cm³/mol. The summed E-state index contributed by atoms with van der Waals surface area (Å²) in [7, 11) is 0. The van der Waals surface area contributed by atoms with Crippen molar-refractivity contribution in [3.05, 3.63) is 170 Å². The molecule has 0 saturated carbocycles. The van der Waals surface area contributed by atoms with Crippen LogP contribution in [0.25, 0.3) is 88.0 Å². The molecule has 0 spiro atoms. The quantitative estimate of drug-likeness (QED) is 0.191. The molecule has 0 radical (unpaired) electrons. The highest BCUT2D eigenvalue weighted by Crippen LogP contribution is 2.49. The topological polar surface area (TPSA) is 13.1 Å². The molecule has 0 unspecified atom stereocenters. The Bertz CT molecular complexity index is 2460. The lowest BCUT2D eigenvalue weighted by molar-refractivity contribution is 0.670. The van der Waals surface area contributed by atoms with Gasteiger partial charge in [0.1, 0.15) is 11.2 Å². The molecule has 1 nitrogen and oxygen atoms in total. The van der Waals surface area contributed by atoms with Crippen LogP contribution >= 0.6 is 0 Å². The Kier molecular flexibility index (Phi) is 5.89. The monoisotopic (exact) mass is 572 g/mol. The molecular weight excluding hydrogens is 544 g/mol. The van der Waals surface area contributed by atoms with Crippen LogP contribution in [-0.2, 0) is 0 Å². The maximum absolute atomic E-state index is 6.67. The molecule has 0 fully saturated rings. The molecular formula is C44H28O. The molecule has 0 aliphatic carbocycles. The molecule has 0 aliphatic rings. The SMILES string of the molecule is c1ccc(-c2cccc(-c3c4ccccc4c(-c4ccc5c(oc6ccccc65)c4-c4ccccc4)c4ccccc34)c2)cc1. The predicted octanol–water partition coefficient (Wildman–Crippen LogP) is 12.6. The third kappa shape index (κ3) is 4.09. The van der Waals surface area contributed by atoms with Gasteiger partial charge in [-0.25, -0.2) is 0 Å². The molecule has 210 valence electrons. The molecule has 45 heavy (non-hydrogen) atoms. The second-order valence-corrected chi connectivity index (χ2v) is 11.6. The largest absolute Gasteiger partial charge is 0.455 e. The van der Waals surface area contributed by atoms with E-state index >= 15 is 0 Å². The average Bonchev–Trinajstić information content (AvgIpc) is 3.50. The van der Waals surface area contributed by atoms with E-state index in [4.69, 9.17) is 4.42 Å². The molecule has 1 heterocycles. The van der Waals surface area contributed by atoms with Gasteiger partial charge in [-0.2, -0.15) is 0 Å². The van der Waals surface area contributed by atoms with Crippen molar-refractivity contribution >= 4 is 43.5 Å². The number of hydrogen-bond donors (Lipinski definition) is 0. The van der Waals surface area contributed by atoms with Gasteiger partial charge in [0.2, 0.25) is 0 Å². The molecule has 0 amide bonds. The first-order valence-corrected chi connectivity index (χ1v) is 15.4. The van der Waals surface area contributed by atoms with E-state index in [-0.39, 0.29) is 0 Å². The summed E-state index contributed by atoms with van der Waals surface area (Å²) in [6.07, 6.45) is 0. The molecule has 1 aromatic heterocycles. The van der Waals surface area contributed by atoms with Gasteiger partial charge >= 0.3 is 0 Å². The molecule has 9 rings (SSSR count). The van der Waals surface area contributed by atoms with Crippen molar-refractivity contribution in [3.8, 4) is 44.5 Å². The van der Waals surface area contributed by atoms with E-state index in [2.05, 4.69) is 164 Å². The van der Waals surface area contributed by atoms with Crippen molar-refractivity contribution in [2.75, 3.05) is 0 Å². The van der Waals surface area contributed by atoms with Crippen LogP contribution in [0.1, 0.15) is 0 Å². The minimum Gasteiger partial charge on any atom is -0.455 e. The zero-order chi connectivity index (χ0) is 29.7. The highest BCUT2D eigenvalue weighted by molar-refractivity contribution is 6.24. The smallest absolute Gasteiger partial charge is 0.143 e. The summed E-state index contributed by atoms with van der Waals surface area (Å²) >= 11 is 0.